The lowest BCUT2D eigenvalue weighted by Crippen LogP contribution is -2.21. The van der Waals surface area contributed by atoms with Crippen molar-refractivity contribution >= 4 is 10.8 Å². The van der Waals surface area contributed by atoms with Crippen LogP contribution >= 0.6 is 0 Å². The normalized spacial score (nSPS) is 16.0. The number of fused-ring (bicyclic) bond motifs is 1. The minimum absolute atomic E-state index is 0.810. The van der Waals surface area contributed by atoms with Gasteiger partial charge in [-0.25, -0.2) is 0 Å². The van der Waals surface area contributed by atoms with E-state index in [4.69, 9.17) is 4.74 Å². The van der Waals surface area contributed by atoms with Crippen molar-refractivity contribution in [1.82, 2.24) is 4.90 Å². The summed E-state index contributed by atoms with van der Waals surface area (Å²) in [5.41, 5.74) is 0. The maximum Gasteiger partial charge on any atom is 0.127 e. The summed E-state index contributed by atoms with van der Waals surface area (Å²) in [7, 11) is 0. The smallest absolute Gasteiger partial charge is 0.127 e. The predicted molar refractivity (Wildman–Crippen MR) is 79.7 cm³/mol. The Morgan fingerprint density at radius 3 is 2.63 bits per heavy atom. The third-order valence-electron chi connectivity index (χ3n) is 3.82. The molecule has 1 aliphatic heterocycles. The van der Waals surface area contributed by atoms with Crippen molar-refractivity contribution in [1.29, 1.82) is 0 Å². The van der Waals surface area contributed by atoms with Crippen molar-refractivity contribution in [2.75, 3.05) is 26.2 Å². The van der Waals surface area contributed by atoms with Crippen LogP contribution in [0.25, 0.3) is 10.8 Å². The van der Waals surface area contributed by atoms with Crippen molar-refractivity contribution in [3.63, 3.8) is 0 Å². The van der Waals surface area contributed by atoms with Gasteiger partial charge in [0.05, 0.1) is 6.61 Å². The molecule has 1 saturated heterocycles. The Hall–Kier alpha value is -1.54. The maximum atomic E-state index is 5.95. The molecule has 2 heteroatoms. The van der Waals surface area contributed by atoms with Crippen molar-refractivity contribution in [2.24, 2.45) is 0 Å². The molecule has 0 unspecified atom stereocenters. The minimum Gasteiger partial charge on any atom is -0.493 e. The first-order valence-electron chi connectivity index (χ1n) is 7.26. The highest BCUT2D eigenvalue weighted by molar-refractivity contribution is 5.88. The number of likely N-dealkylation sites (tertiary alicyclic amines) is 1. The van der Waals surface area contributed by atoms with Gasteiger partial charge in [-0.05, 0) is 43.8 Å². The second kappa shape index (κ2) is 6.07. The molecule has 0 aliphatic carbocycles. The Labute approximate surface area is 115 Å². The van der Waals surface area contributed by atoms with Gasteiger partial charge in [-0.15, -0.1) is 0 Å². The van der Waals surface area contributed by atoms with E-state index in [1.54, 1.807) is 0 Å². The van der Waals surface area contributed by atoms with E-state index in [1.807, 2.05) is 0 Å². The first kappa shape index (κ1) is 12.5. The number of hydrogen-bond donors (Lipinski definition) is 0. The fourth-order valence-corrected chi connectivity index (χ4v) is 2.80. The third kappa shape index (κ3) is 3.07. The Balaban J connectivity index is 1.56. The molecule has 1 fully saturated rings. The van der Waals surface area contributed by atoms with Crippen molar-refractivity contribution in [2.45, 2.75) is 19.3 Å². The quantitative estimate of drug-likeness (QED) is 0.755. The van der Waals surface area contributed by atoms with E-state index in [2.05, 4.69) is 47.4 Å². The standard InChI is InChI=1S/C17H21NO/c1-2-9-16-15(7-1)8-5-10-17(16)19-14-6-13-18-11-3-4-12-18/h1-2,5,7-10H,3-4,6,11-14H2. The van der Waals surface area contributed by atoms with Crippen LogP contribution in [-0.2, 0) is 0 Å². The molecule has 0 saturated carbocycles. The molecule has 1 heterocycles. The van der Waals surface area contributed by atoms with Gasteiger partial charge in [0.2, 0.25) is 0 Å². The van der Waals surface area contributed by atoms with Crippen LogP contribution in [0, 0.1) is 0 Å². The van der Waals surface area contributed by atoms with Crippen molar-refractivity contribution < 1.29 is 4.74 Å². The van der Waals surface area contributed by atoms with Crippen LogP contribution in [0.3, 0.4) is 0 Å². The lowest BCUT2D eigenvalue weighted by molar-refractivity contribution is 0.265. The Morgan fingerprint density at radius 1 is 0.947 bits per heavy atom. The molecule has 0 amide bonds. The monoisotopic (exact) mass is 255 g/mol. The van der Waals surface area contributed by atoms with E-state index in [1.165, 1.54) is 43.2 Å². The number of rotatable bonds is 5. The van der Waals surface area contributed by atoms with Crippen LogP contribution in [0.1, 0.15) is 19.3 Å². The SMILES string of the molecule is c1ccc2c(OCCCN3CCCC3)cccc2c1. The van der Waals surface area contributed by atoms with Gasteiger partial charge in [0.25, 0.3) is 0 Å². The molecule has 0 aromatic heterocycles. The van der Waals surface area contributed by atoms with Crippen LogP contribution in [0.5, 0.6) is 5.75 Å². The summed E-state index contributed by atoms with van der Waals surface area (Å²) in [6.45, 7) is 4.53. The average Bonchev–Trinajstić information content (AvgIpc) is 2.97. The zero-order chi connectivity index (χ0) is 12.9. The first-order valence-corrected chi connectivity index (χ1v) is 7.26. The van der Waals surface area contributed by atoms with E-state index in [9.17, 15) is 0 Å². The summed E-state index contributed by atoms with van der Waals surface area (Å²) < 4.78 is 5.95. The van der Waals surface area contributed by atoms with Crippen molar-refractivity contribution in [3.05, 3.63) is 42.5 Å². The molecule has 2 aromatic carbocycles. The molecule has 0 atom stereocenters. The second-order valence-corrected chi connectivity index (χ2v) is 5.23. The van der Waals surface area contributed by atoms with E-state index in [0.717, 1.165) is 18.8 Å². The lowest BCUT2D eigenvalue weighted by Gasteiger charge is -2.15. The summed E-state index contributed by atoms with van der Waals surface area (Å²) in [5.74, 6) is 1.01. The van der Waals surface area contributed by atoms with Gasteiger partial charge in [0.1, 0.15) is 5.75 Å². The second-order valence-electron chi connectivity index (χ2n) is 5.23. The molecular weight excluding hydrogens is 234 g/mol. The summed E-state index contributed by atoms with van der Waals surface area (Å²) in [6, 6.07) is 14.7. The van der Waals surface area contributed by atoms with Gasteiger partial charge in [0.15, 0.2) is 0 Å². The molecule has 3 rings (SSSR count). The van der Waals surface area contributed by atoms with Gasteiger partial charge in [-0.2, -0.15) is 0 Å². The molecule has 0 spiro atoms. The van der Waals surface area contributed by atoms with E-state index in [0.29, 0.717) is 0 Å². The Bertz CT molecular complexity index is 526. The van der Waals surface area contributed by atoms with Crippen LogP contribution in [0.15, 0.2) is 42.5 Å². The summed E-state index contributed by atoms with van der Waals surface area (Å²) >= 11 is 0. The van der Waals surface area contributed by atoms with Gasteiger partial charge < -0.3 is 9.64 Å². The zero-order valence-electron chi connectivity index (χ0n) is 11.3. The first-order chi connectivity index (χ1) is 9.43. The van der Waals surface area contributed by atoms with Gasteiger partial charge in [-0.3, -0.25) is 0 Å². The molecular formula is C17H21NO. The van der Waals surface area contributed by atoms with Gasteiger partial charge >= 0.3 is 0 Å². The number of nitrogens with zero attached hydrogens (tertiary/aromatic N) is 1. The number of ether oxygens (including phenoxy) is 1. The van der Waals surface area contributed by atoms with Gasteiger partial charge in [-0.1, -0.05) is 36.4 Å². The zero-order valence-corrected chi connectivity index (χ0v) is 11.3. The highest BCUT2D eigenvalue weighted by atomic mass is 16.5. The average molecular weight is 255 g/mol. The van der Waals surface area contributed by atoms with Crippen molar-refractivity contribution in [3.8, 4) is 5.75 Å². The van der Waals surface area contributed by atoms with Crippen LogP contribution in [0.4, 0.5) is 0 Å². The van der Waals surface area contributed by atoms with Gasteiger partial charge in [0, 0.05) is 11.9 Å². The molecule has 0 radical (unpaired) electrons. The molecule has 0 N–H and O–H groups in total. The van der Waals surface area contributed by atoms with E-state index >= 15 is 0 Å². The third-order valence-corrected chi connectivity index (χ3v) is 3.82. The number of hydrogen-bond acceptors (Lipinski definition) is 2. The molecule has 2 nitrogen and oxygen atoms in total. The highest BCUT2D eigenvalue weighted by Gasteiger charge is 2.10. The summed E-state index contributed by atoms with van der Waals surface area (Å²) in [4.78, 5) is 2.53. The molecule has 1 aliphatic rings. The lowest BCUT2D eigenvalue weighted by atomic mass is 10.1. The molecule has 2 aromatic rings. The van der Waals surface area contributed by atoms with Crippen LogP contribution < -0.4 is 4.74 Å². The van der Waals surface area contributed by atoms with E-state index < -0.39 is 0 Å². The maximum absolute atomic E-state index is 5.95. The predicted octanol–water partition coefficient (Wildman–Crippen LogP) is 3.70. The van der Waals surface area contributed by atoms with Crippen LogP contribution in [0.2, 0.25) is 0 Å². The minimum atomic E-state index is 0.810. The molecule has 19 heavy (non-hydrogen) atoms. The largest absolute Gasteiger partial charge is 0.493 e. The number of benzene rings is 2. The van der Waals surface area contributed by atoms with E-state index in [-0.39, 0.29) is 0 Å². The topological polar surface area (TPSA) is 12.5 Å². The highest BCUT2D eigenvalue weighted by Crippen LogP contribution is 2.25. The van der Waals surface area contributed by atoms with Crippen LogP contribution in [-0.4, -0.2) is 31.1 Å². The summed E-state index contributed by atoms with van der Waals surface area (Å²) in [6.07, 6.45) is 3.84. The Kier molecular flexibility index (Phi) is 3.99. The molecule has 100 valence electrons. The fourth-order valence-electron chi connectivity index (χ4n) is 2.80. The summed E-state index contributed by atoms with van der Waals surface area (Å²) in [5, 5.41) is 2.46. The Morgan fingerprint density at radius 2 is 1.74 bits per heavy atom. The molecule has 0 bridgehead atoms. The fraction of sp³-hybridized carbons (Fsp3) is 0.412.